The second kappa shape index (κ2) is 11.1. The molecule has 3 fully saturated rings. The molecule has 3 unspecified atom stereocenters. The Bertz CT molecular complexity index is 951. The largest absolute Gasteiger partial charge is 0.417 e. The van der Waals surface area contributed by atoms with Crippen molar-refractivity contribution in [2.24, 2.45) is 35.0 Å². The van der Waals surface area contributed by atoms with Gasteiger partial charge in [-0.2, -0.15) is 13.2 Å². The van der Waals surface area contributed by atoms with Gasteiger partial charge in [0.1, 0.15) is 0 Å². The van der Waals surface area contributed by atoms with Gasteiger partial charge in [0.15, 0.2) is 0 Å². The monoisotopic (exact) mass is 501 g/mol. The zero-order valence-corrected chi connectivity index (χ0v) is 21.1. The third-order valence-electron chi connectivity index (χ3n) is 7.52. The maximum absolute atomic E-state index is 12.6. The van der Waals surface area contributed by atoms with E-state index in [9.17, 15) is 13.2 Å². The molecule has 2 aliphatic heterocycles. The van der Waals surface area contributed by atoms with Gasteiger partial charge in [-0.05, 0) is 75.5 Å². The van der Waals surface area contributed by atoms with Crippen molar-refractivity contribution in [1.29, 1.82) is 0 Å². The number of aromatic nitrogens is 1. The molecule has 2 saturated heterocycles. The first-order valence-electron chi connectivity index (χ1n) is 12.4. The van der Waals surface area contributed by atoms with Crippen LogP contribution in [0, 0.1) is 17.8 Å². The summed E-state index contributed by atoms with van der Waals surface area (Å²) in [6.45, 7) is 7.29. The highest BCUT2D eigenvalue weighted by atomic mass is 19.4. The van der Waals surface area contributed by atoms with E-state index in [0.717, 1.165) is 62.8 Å². The Labute approximate surface area is 214 Å². The van der Waals surface area contributed by atoms with Gasteiger partial charge in [-0.3, -0.25) is 4.98 Å². The summed E-state index contributed by atoms with van der Waals surface area (Å²) in [5.74, 6) is 1.99. The number of likely N-dealkylation sites (tertiary alicyclic amines) is 1. The molecule has 194 valence electrons. The number of halogens is 3. The molecule has 4 radical (unpaired) electrons. The molecule has 0 aromatic carbocycles. The molecule has 1 aromatic heterocycles. The molecule has 3 heterocycles. The Hall–Kier alpha value is -2.13. The van der Waals surface area contributed by atoms with Gasteiger partial charge in [0.25, 0.3) is 0 Å². The molecular weight excluding hydrogens is 465 g/mol. The second-order valence-electron chi connectivity index (χ2n) is 10.7. The Morgan fingerprint density at radius 3 is 2.31 bits per heavy atom. The zero-order valence-electron chi connectivity index (χ0n) is 21.1. The number of alkyl halides is 3. The molecule has 0 amide bonds. The highest BCUT2D eigenvalue weighted by Crippen LogP contribution is 2.43. The smallest absolute Gasteiger partial charge is 0.398 e. The number of hydrogen-bond acceptors (Lipinski definition) is 6. The van der Waals surface area contributed by atoms with Crippen LogP contribution in [0.4, 0.5) is 13.2 Å². The van der Waals surface area contributed by atoms with Crippen molar-refractivity contribution >= 4 is 21.4 Å². The number of nitrogens with two attached hydrogens (primary N) is 3. The molecule has 1 saturated carbocycles. The van der Waals surface area contributed by atoms with Gasteiger partial charge >= 0.3 is 6.18 Å². The quantitative estimate of drug-likeness (QED) is 0.433. The van der Waals surface area contributed by atoms with Crippen LogP contribution in [0.2, 0.25) is 0 Å². The summed E-state index contributed by atoms with van der Waals surface area (Å²) < 4.78 is 43.7. The maximum Gasteiger partial charge on any atom is 0.417 e. The average Bonchev–Trinajstić information content (AvgIpc) is 3.40. The van der Waals surface area contributed by atoms with Crippen molar-refractivity contribution in [2.75, 3.05) is 19.7 Å². The van der Waals surface area contributed by atoms with Crippen molar-refractivity contribution in [2.45, 2.75) is 63.1 Å². The van der Waals surface area contributed by atoms with Crippen LogP contribution in [0.3, 0.4) is 0 Å². The summed E-state index contributed by atoms with van der Waals surface area (Å²) in [6, 6.07) is 0.853. The number of ether oxygens (including phenoxy) is 1. The first-order valence-corrected chi connectivity index (χ1v) is 12.4. The van der Waals surface area contributed by atoms with Crippen molar-refractivity contribution in [3.63, 3.8) is 0 Å². The fourth-order valence-electron chi connectivity index (χ4n) is 5.58. The van der Waals surface area contributed by atoms with E-state index >= 15 is 0 Å². The maximum atomic E-state index is 12.6. The summed E-state index contributed by atoms with van der Waals surface area (Å²) in [5, 5.41) is -0.647. The van der Waals surface area contributed by atoms with Crippen LogP contribution in [-0.2, 0) is 10.9 Å². The van der Waals surface area contributed by atoms with Crippen LogP contribution < -0.4 is 17.2 Å². The summed E-state index contributed by atoms with van der Waals surface area (Å²) >= 11 is 0. The fourth-order valence-corrected chi connectivity index (χ4v) is 5.58. The molecule has 6 nitrogen and oxygen atoms in total. The van der Waals surface area contributed by atoms with E-state index in [-0.39, 0.29) is 22.7 Å². The lowest BCUT2D eigenvalue weighted by Crippen LogP contribution is -2.57. The Kier molecular flexibility index (Phi) is 8.76. The van der Waals surface area contributed by atoms with Gasteiger partial charge in [-0.15, -0.1) is 0 Å². The van der Waals surface area contributed by atoms with Crippen LogP contribution in [0.15, 0.2) is 36.4 Å². The SMILES string of the molecule is NC(N)=C/C=C(\N)c1cnccc1C(F)(F)F.[B]C([B])(C1CCOC(C)(C)C1)N1CC2CCCC2C1. The normalized spacial score (nSPS) is 26.6. The lowest BCUT2D eigenvalue weighted by Gasteiger charge is -2.49. The summed E-state index contributed by atoms with van der Waals surface area (Å²) in [7, 11) is 13.1. The topological polar surface area (TPSA) is 103 Å². The molecule has 0 spiro atoms. The van der Waals surface area contributed by atoms with Gasteiger partial charge in [-0.25, -0.2) is 0 Å². The Morgan fingerprint density at radius 1 is 1.11 bits per heavy atom. The number of pyridine rings is 1. The Morgan fingerprint density at radius 2 is 1.75 bits per heavy atom. The van der Waals surface area contributed by atoms with Crippen LogP contribution >= 0.6 is 0 Å². The summed E-state index contributed by atoms with van der Waals surface area (Å²) in [6.07, 6.45) is 6.09. The van der Waals surface area contributed by atoms with Gasteiger partial charge < -0.3 is 26.8 Å². The van der Waals surface area contributed by atoms with Crippen molar-refractivity contribution in [1.82, 2.24) is 9.88 Å². The highest BCUT2D eigenvalue weighted by Gasteiger charge is 2.45. The molecule has 36 heavy (non-hydrogen) atoms. The number of hydrogen-bond donors (Lipinski definition) is 3. The molecule has 4 rings (SSSR count). The van der Waals surface area contributed by atoms with E-state index in [0.29, 0.717) is 5.92 Å². The van der Waals surface area contributed by atoms with E-state index in [1.54, 1.807) is 0 Å². The predicted octanol–water partition coefficient (Wildman–Crippen LogP) is 3.07. The summed E-state index contributed by atoms with van der Waals surface area (Å²) in [4.78, 5) is 5.97. The minimum Gasteiger partial charge on any atom is -0.398 e. The number of nitrogens with zero attached hydrogens (tertiary/aromatic N) is 2. The molecule has 1 aliphatic carbocycles. The van der Waals surface area contributed by atoms with Gasteiger partial charge in [0.2, 0.25) is 0 Å². The van der Waals surface area contributed by atoms with E-state index in [1.807, 2.05) is 0 Å². The van der Waals surface area contributed by atoms with E-state index in [4.69, 9.17) is 37.6 Å². The van der Waals surface area contributed by atoms with Crippen molar-refractivity contribution in [3.05, 3.63) is 47.6 Å². The van der Waals surface area contributed by atoms with Crippen LogP contribution in [0.1, 0.15) is 57.1 Å². The van der Waals surface area contributed by atoms with E-state index in [1.165, 1.54) is 31.4 Å². The summed E-state index contributed by atoms with van der Waals surface area (Å²) in [5.41, 5.74) is 14.5. The minimum atomic E-state index is -4.49. The van der Waals surface area contributed by atoms with Gasteiger partial charge in [0.05, 0.1) is 32.7 Å². The van der Waals surface area contributed by atoms with E-state index in [2.05, 4.69) is 23.7 Å². The molecule has 1 aromatic rings. The number of fused-ring (bicyclic) bond motifs is 1. The zero-order chi connectivity index (χ0) is 26.7. The fraction of sp³-hybridized carbons (Fsp3) is 0.640. The van der Waals surface area contributed by atoms with Crippen molar-refractivity contribution in [3.8, 4) is 0 Å². The predicted molar refractivity (Wildman–Crippen MR) is 137 cm³/mol. The van der Waals surface area contributed by atoms with Gasteiger partial charge in [0, 0.05) is 43.4 Å². The average molecular weight is 501 g/mol. The molecule has 3 aliphatic rings. The van der Waals surface area contributed by atoms with Crippen LogP contribution in [-0.4, -0.2) is 56.2 Å². The number of allylic oxidation sites excluding steroid dienone is 2. The second-order valence-corrected chi connectivity index (χ2v) is 10.7. The lowest BCUT2D eigenvalue weighted by atomic mass is 9.51. The minimum absolute atomic E-state index is 0.0506. The van der Waals surface area contributed by atoms with Crippen LogP contribution in [0.5, 0.6) is 0 Å². The first-order chi connectivity index (χ1) is 16.7. The lowest BCUT2D eigenvalue weighted by molar-refractivity contribution is -0.137. The first kappa shape index (κ1) is 28.4. The van der Waals surface area contributed by atoms with Crippen molar-refractivity contribution < 1.29 is 17.9 Å². The third kappa shape index (κ3) is 7.00. The third-order valence-corrected chi connectivity index (χ3v) is 7.52. The standard InChI is InChI=1S/C15H25B2NO.C10H11F3N4/c1-14(2)8-13(6-7-19-14)15(16,17)18-9-11-4-3-5-12(11)10-18;11-10(12,13)7-3-4-17-5-6(7)8(14)1-2-9(15)16/h11-13H,3-10H2,1-2H3;1-5H,14-16H2/b;8-1-. The number of rotatable bonds is 4. The molecule has 6 N–H and O–H groups in total. The van der Waals surface area contributed by atoms with Crippen LogP contribution in [0.25, 0.3) is 5.70 Å². The molecular formula is C25H36B2F3N5O. The Balaban J connectivity index is 0.000000202. The highest BCUT2D eigenvalue weighted by molar-refractivity contribution is 6.40. The molecule has 0 bridgehead atoms. The molecule has 11 heteroatoms. The molecule has 3 atom stereocenters. The van der Waals surface area contributed by atoms with E-state index < -0.39 is 17.1 Å². The van der Waals surface area contributed by atoms with Gasteiger partial charge in [-0.1, -0.05) is 11.8 Å².